The first-order chi connectivity index (χ1) is 7.93. The summed E-state index contributed by atoms with van der Waals surface area (Å²) < 4.78 is 0. The Morgan fingerprint density at radius 2 is 1.62 bits per heavy atom. The second-order valence-corrected chi connectivity index (χ2v) is 7.52. The summed E-state index contributed by atoms with van der Waals surface area (Å²) in [6, 6.07) is 15.7. The van der Waals surface area contributed by atoms with Gasteiger partial charge in [0, 0.05) is 28.5 Å². The summed E-state index contributed by atoms with van der Waals surface area (Å²) in [4.78, 5) is 1.57. The number of hydrogen-bond donors (Lipinski definition) is 0. The first-order valence-corrected chi connectivity index (χ1v) is 8.39. The molecule has 2 aromatic carbocycles. The second kappa shape index (κ2) is 4.72. The van der Waals surface area contributed by atoms with Gasteiger partial charge in [-0.15, -0.1) is 0 Å². The minimum Gasteiger partial charge on any atom is -0.152 e. The summed E-state index contributed by atoms with van der Waals surface area (Å²) in [6.07, 6.45) is 0. The van der Waals surface area contributed by atoms with Crippen LogP contribution in [0.25, 0.3) is 10.8 Å². The van der Waals surface area contributed by atoms with E-state index in [1.165, 1.54) is 33.8 Å². The maximum Gasteiger partial charge on any atom is 0.155 e. The first kappa shape index (κ1) is 10.5. The smallest absolute Gasteiger partial charge is 0.152 e. The topological polar surface area (TPSA) is 0 Å². The van der Waals surface area contributed by atoms with Crippen LogP contribution in [0.15, 0.2) is 47.4 Å². The van der Waals surface area contributed by atoms with E-state index in [0.29, 0.717) is 10.9 Å². The average Bonchev–Trinajstić information content (AvgIpc) is 2.39. The van der Waals surface area contributed by atoms with E-state index >= 15 is 0 Å². The lowest BCUT2D eigenvalue weighted by atomic mass is 10.1. The molecule has 0 aliphatic carbocycles. The highest BCUT2D eigenvalue weighted by atomic mass is 32.2. The number of rotatable bonds is 1. The van der Waals surface area contributed by atoms with Gasteiger partial charge in [-0.1, -0.05) is 24.3 Å². The van der Waals surface area contributed by atoms with Crippen molar-refractivity contribution in [3.8, 4) is 0 Å². The van der Waals surface area contributed by atoms with E-state index in [2.05, 4.69) is 54.2 Å². The molecule has 82 valence electrons. The largest absolute Gasteiger partial charge is 0.155 e. The van der Waals surface area contributed by atoms with Crippen molar-refractivity contribution in [1.82, 2.24) is 0 Å². The van der Waals surface area contributed by atoms with Gasteiger partial charge in [0.1, 0.15) is 11.5 Å². The zero-order valence-corrected chi connectivity index (χ0v) is 10.8. The van der Waals surface area contributed by atoms with E-state index in [4.69, 9.17) is 0 Å². The minimum absolute atomic E-state index is 0.515. The molecule has 1 fully saturated rings. The molecule has 2 aromatic rings. The fourth-order valence-corrected chi connectivity index (χ4v) is 6.09. The van der Waals surface area contributed by atoms with Crippen molar-refractivity contribution >= 4 is 33.4 Å². The number of benzene rings is 2. The molecule has 0 N–H and O–H groups in total. The van der Waals surface area contributed by atoms with Crippen LogP contribution in [0.1, 0.15) is 0 Å². The van der Waals surface area contributed by atoms with Gasteiger partial charge in [0.05, 0.1) is 0 Å². The maximum atomic E-state index is 2.40. The number of fused-ring (bicyclic) bond motifs is 1. The van der Waals surface area contributed by atoms with Gasteiger partial charge < -0.3 is 0 Å². The number of thioether (sulfide) groups is 1. The van der Waals surface area contributed by atoms with E-state index in [1.54, 1.807) is 4.90 Å². The van der Waals surface area contributed by atoms with Gasteiger partial charge in [-0.3, -0.25) is 0 Å². The Morgan fingerprint density at radius 1 is 0.875 bits per heavy atom. The summed E-state index contributed by atoms with van der Waals surface area (Å²) in [5.74, 6) is 5.44. The summed E-state index contributed by atoms with van der Waals surface area (Å²) in [6.45, 7) is 0. The van der Waals surface area contributed by atoms with Crippen LogP contribution in [-0.4, -0.2) is 23.0 Å². The van der Waals surface area contributed by atoms with Gasteiger partial charge in [-0.2, -0.15) is 11.8 Å². The molecular weight excluding hydrogens is 232 g/mol. The SMILES string of the molecule is c1ccc2cc([S+]3CCSCC3)ccc2c1. The molecule has 0 unspecified atom stereocenters. The molecule has 16 heavy (non-hydrogen) atoms. The van der Waals surface area contributed by atoms with E-state index in [1.807, 2.05) is 0 Å². The number of hydrogen-bond acceptors (Lipinski definition) is 1. The molecule has 0 nitrogen and oxygen atoms in total. The zero-order chi connectivity index (χ0) is 10.8. The van der Waals surface area contributed by atoms with E-state index < -0.39 is 0 Å². The monoisotopic (exact) mass is 247 g/mol. The van der Waals surface area contributed by atoms with Crippen LogP contribution >= 0.6 is 11.8 Å². The summed E-state index contributed by atoms with van der Waals surface area (Å²) in [7, 11) is 0.515. The molecular formula is C14H15S2+. The Bertz CT molecular complexity index is 487. The molecule has 0 bridgehead atoms. The molecule has 2 heteroatoms. The minimum atomic E-state index is 0.515. The molecule has 1 saturated heterocycles. The Hall–Kier alpha value is -0.600. The van der Waals surface area contributed by atoms with Crippen LogP contribution in [0.5, 0.6) is 0 Å². The highest BCUT2D eigenvalue weighted by Gasteiger charge is 2.24. The van der Waals surface area contributed by atoms with Crippen molar-refractivity contribution in [3.63, 3.8) is 0 Å². The fraction of sp³-hybridized carbons (Fsp3) is 0.286. The van der Waals surface area contributed by atoms with Crippen molar-refractivity contribution in [3.05, 3.63) is 42.5 Å². The van der Waals surface area contributed by atoms with Crippen LogP contribution in [0.4, 0.5) is 0 Å². The molecule has 0 saturated carbocycles. The average molecular weight is 247 g/mol. The van der Waals surface area contributed by atoms with E-state index in [9.17, 15) is 0 Å². The van der Waals surface area contributed by atoms with Gasteiger partial charge in [0.15, 0.2) is 4.90 Å². The summed E-state index contributed by atoms with van der Waals surface area (Å²) >= 11 is 2.10. The van der Waals surface area contributed by atoms with Crippen LogP contribution in [0.3, 0.4) is 0 Å². The summed E-state index contributed by atoms with van der Waals surface area (Å²) in [5, 5.41) is 2.76. The highest BCUT2D eigenvalue weighted by Crippen LogP contribution is 2.25. The third-order valence-electron chi connectivity index (χ3n) is 3.00. The lowest BCUT2D eigenvalue weighted by Crippen LogP contribution is -2.20. The third-order valence-corrected chi connectivity index (χ3v) is 6.82. The van der Waals surface area contributed by atoms with Crippen LogP contribution < -0.4 is 0 Å². The molecule has 0 amide bonds. The molecule has 1 heterocycles. The Balaban J connectivity index is 1.97. The quantitative estimate of drug-likeness (QED) is 0.694. The van der Waals surface area contributed by atoms with Crippen LogP contribution in [0.2, 0.25) is 0 Å². The highest BCUT2D eigenvalue weighted by molar-refractivity contribution is 8.05. The van der Waals surface area contributed by atoms with Crippen molar-refractivity contribution in [1.29, 1.82) is 0 Å². The van der Waals surface area contributed by atoms with Gasteiger partial charge >= 0.3 is 0 Å². The zero-order valence-electron chi connectivity index (χ0n) is 9.19. The van der Waals surface area contributed by atoms with Gasteiger partial charge in [0.25, 0.3) is 0 Å². The van der Waals surface area contributed by atoms with Crippen molar-refractivity contribution in [2.24, 2.45) is 0 Å². The Kier molecular flexibility index (Phi) is 3.11. The van der Waals surface area contributed by atoms with Gasteiger partial charge in [-0.25, -0.2) is 0 Å². The summed E-state index contributed by atoms with van der Waals surface area (Å²) in [5.41, 5.74) is 0. The van der Waals surface area contributed by atoms with Gasteiger partial charge in [0.2, 0.25) is 0 Å². The molecule has 1 aliphatic heterocycles. The Morgan fingerprint density at radius 3 is 2.44 bits per heavy atom. The normalized spacial score (nSPS) is 17.8. The molecule has 0 atom stereocenters. The second-order valence-electron chi connectivity index (χ2n) is 4.02. The standard InChI is InChI=1S/C14H15S2/c1-2-4-13-11-14(6-5-12(13)3-1)16-9-7-15-8-10-16/h1-6,11H,7-10H2/q+1. The molecule has 0 spiro atoms. The van der Waals surface area contributed by atoms with E-state index in [0.717, 1.165) is 0 Å². The van der Waals surface area contributed by atoms with Gasteiger partial charge in [-0.05, 0) is 22.9 Å². The molecule has 3 rings (SSSR count). The van der Waals surface area contributed by atoms with Crippen LogP contribution in [-0.2, 0) is 10.9 Å². The van der Waals surface area contributed by atoms with E-state index in [-0.39, 0.29) is 0 Å². The van der Waals surface area contributed by atoms with Crippen molar-refractivity contribution in [2.75, 3.05) is 23.0 Å². The predicted molar refractivity (Wildman–Crippen MR) is 76.6 cm³/mol. The van der Waals surface area contributed by atoms with Crippen molar-refractivity contribution < 1.29 is 0 Å². The third kappa shape index (κ3) is 2.09. The molecule has 0 aromatic heterocycles. The maximum absolute atomic E-state index is 2.40. The fourth-order valence-electron chi connectivity index (χ4n) is 2.11. The molecule has 0 radical (unpaired) electrons. The van der Waals surface area contributed by atoms with Crippen LogP contribution in [0, 0.1) is 0 Å². The first-order valence-electron chi connectivity index (χ1n) is 5.67. The predicted octanol–water partition coefficient (Wildman–Crippen LogP) is 3.56. The van der Waals surface area contributed by atoms with Crippen molar-refractivity contribution in [2.45, 2.75) is 4.90 Å². The lowest BCUT2D eigenvalue weighted by molar-refractivity contribution is 1.34. The molecule has 1 aliphatic rings. The lowest BCUT2D eigenvalue weighted by Gasteiger charge is -2.13. The Labute approximate surface area is 104 Å².